The van der Waals surface area contributed by atoms with Crippen molar-refractivity contribution in [3.8, 4) is 0 Å². The fourth-order valence-electron chi connectivity index (χ4n) is 1.74. The second kappa shape index (κ2) is 7.86. The van der Waals surface area contributed by atoms with Gasteiger partial charge in [-0.15, -0.1) is 0 Å². The van der Waals surface area contributed by atoms with Gasteiger partial charge in [0, 0.05) is 24.3 Å². The van der Waals surface area contributed by atoms with Crippen LogP contribution in [0.1, 0.15) is 16.1 Å². The number of aromatic nitrogens is 2. The molecular weight excluding hydrogens is 348 g/mol. The summed E-state index contributed by atoms with van der Waals surface area (Å²) in [6.07, 6.45) is 1.54. The van der Waals surface area contributed by atoms with Gasteiger partial charge in [-0.05, 0) is 46.6 Å². The number of nitrogens with one attached hydrogen (secondary N) is 2. The number of nitrogens with zero attached hydrogens (tertiary/aromatic N) is 2. The number of anilines is 2. The maximum absolute atomic E-state index is 11.9. The zero-order valence-corrected chi connectivity index (χ0v) is 14.0. The third-order valence-electron chi connectivity index (χ3n) is 2.85. The summed E-state index contributed by atoms with van der Waals surface area (Å²) >= 11 is 3.48. The van der Waals surface area contributed by atoms with Gasteiger partial charge in [-0.25, -0.2) is 9.97 Å². The van der Waals surface area contributed by atoms with Crippen molar-refractivity contribution in [2.75, 3.05) is 25.6 Å². The summed E-state index contributed by atoms with van der Waals surface area (Å²) in [4.78, 5) is 20.3. The van der Waals surface area contributed by atoms with E-state index in [1.165, 1.54) is 0 Å². The van der Waals surface area contributed by atoms with Crippen LogP contribution in [-0.4, -0.2) is 36.1 Å². The van der Waals surface area contributed by atoms with Crippen LogP contribution in [0, 0.1) is 6.92 Å². The first-order valence-corrected chi connectivity index (χ1v) is 7.53. The van der Waals surface area contributed by atoms with Gasteiger partial charge in [-0.3, -0.25) is 4.79 Å². The quantitative estimate of drug-likeness (QED) is 0.770. The molecule has 0 spiro atoms. The lowest BCUT2D eigenvalue weighted by atomic mass is 10.2. The van der Waals surface area contributed by atoms with Crippen LogP contribution >= 0.6 is 15.9 Å². The van der Waals surface area contributed by atoms with Crippen molar-refractivity contribution < 1.29 is 9.53 Å². The highest BCUT2D eigenvalue weighted by Crippen LogP contribution is 2.25. The average molecular weight is 365 g/mol. The molecule has 1 amide bonds. The molecule has 0 radical (unpaired) electrons. The SMILES string of the molecule is COCCNC(=O)c1ccnc(Nc2ccc(C)cc2Br)n1. The number of amides is 1. The fraction of sp³-hybridized carbons (Fsp3) is 0.267. The van der Waals surface area contributed by atoms with E-state index < -0.39 is 0 Å². The standard InChI is InChI=1S/C15H17BrN4O2/c1-10-3-4-12(11(16)9-10)19-15-18-6-5-13(20-15)14(21)17-7-8-22-2/h3-6,9H,7-8H2,1-2H3,(H,17,21)(H,18,19,20). The molecule has 2 N–H and O–H groups in total. The second-order valence-electron chi connectivity index (χ2n) is 4.62. The Balaban J connectivity index is 2.09. The van der Waals surface area contributed by atoms with E-state index in [9.17, 15) is 4.79 Å². The highest BCUT2D eigenvalue weighted by Gasteiger charge is 2.09. The molecule has 0 aliphatic heterocycles. The van der Waals surface area contributed by atoms with Crippen LogP contribution in [0.25, 0.3) is 0 Å². The first-order valence-electron chi connectivity index (χ1n) is 6.73. The summed E-state index contributed by atoms with van der Waals surface area (Å²) in [5.41, 5.74) is 2.28. The Morgan fingerprint density at radius 2 is 2.18 bits per heavy atom. The molecule has 1 aromatic carbocycles. The molecule has 0 saturated carbocycles. The third kappa shape index (κ3) is 4.51. The number of hydrogen-bond donors (Lipinski definition) is 2. The van der Waals surface area contributed by atoms with Crippen LogP contribution in [0.15, 0.2) is 34.9 Å². The van der Waals surface area contributed by atoms with Gasteiger partial charge in [0.25, 0.3) is 5.91 Å². The lowest BCUT2D eigenvalue weighted by Crippen LogP contribution is -2.27. The smallest absolute Gasteiger partial charge is 0.270 e. The van der Waals surface area contributed by atoms with Crippen molar-refractivity contribution in [1.29, 1.82) is 0 Å². The molecule has 1 heterocycles. The van der Waals surface area contributed by atoms with Crippen LogP contribution in [-0.2, 0) is 4.74 Å². The molecule has 1 aromatic heterocycles. The van der Waals surface area contributed by atoms with E-state index in [1.54, 1.807) is 19.4 Å². The van der Waals surface area contributed by atoms with E-state index in [4.69, 9.17) is 4.74 Å². The molecule has 116 valence electrons. The highest BCUT2D eigenvalue weighted by molar-refractivity contribution is 9.10. The van der Waals surface area contributed by atoms with Crippen molar-refractivity contribution in [3.63, 3.8) is 0 Å². The largest absolute Gasteiger partial charge is 0.383 e. The topological polar surface area (TPSA) is 76.1 Å². The molecule has 0 aliphatic carbocycles. The van der Waals surface area contributed by atoms with Gasteiger partial charge >= 0.3 is 0 Å². The maximum atomic E-state index is 11.9. The Labute approximate surface area is 137 Å². The predicted octanol–water partition coefficient (Wildman–Crippen LogP) is 2.67. The highest BCUT2D eigenvalue weighted by atomic mass is 79.9. The molecule has 0 saturated heterocycles. The minimum absolute atomic E-state index is 0.259. The monoisotopic (exact) mass is 364 g/mol. The van der Waals surface area contributed by atoms with Gasteiger partial charge in [-0.2, -0.15) is 0 Å². The number of halogens is 1. The average Bonchev–Trinajstić information content (AvgIpc) is 2.50. The van der Waals surface area contributed by atoms with E-state index in [2.05, 4.69) is 36.5 Å². The normalized spacial score (nSPS) is 10.3. The molecule has 0 bridgehead atoms. The number of ether oxygens (including phenoxy) is 1. The number of aryl methyl sites for hydroxylation is 1. The number of benzene rings is 1. The fourth-order valence-corrected chi connectivity index (χ4v) is 2.34. The van der Waals surface area contributed by atoms with Crippen molar-refractivity contribution >= 4 is 33.5 Å². The summed E-state index contributed by atoms with van der Waals surface area (Å²) in [5, 5.41) is 5.81. The zero-order valence-electron chi connectivity index (χ0n) is 12.4. The summed E-state index contributed by atoms with van der Waals surface area (Å²) in [6, 6.07) is 7.46. The van der Waals surface area contributed by atoms with Crippen LogP contribution < -0.4 is 10.6 Å². The Morgan fingerprint density at radius 3 is 2.91 bits per heavy atom. The van der Waals surface area contributed by atoms with Gasteiger partial charge in [-0.1, -0.05) is 6.07 Å². The van der Waals surface area contributed by atoms with Crippen LogP contribution in [0.4, 0.5) is 11.6 Å². The first-order chi connectivity index (χ1) is 10.6. The lowest BCUT2D eigenvalue weighted by molar-refractivity contribution is 0.0932. The molecule has 2 rings (SSSR count). The van der Waals surface area contributed by atoms with Crippen LogP contribution in [0.5, 0.6) is 0 Å². The third-order valence-corrected chi connectivity index (χ3v) is 3.51. The molecule has 6 nitrogen and oxygen atoms in total. The number of hydrogen-bond acceptors (Lipinski definition) is 5. The van der Waals surface area contributed by atoms with E-state index in [-0.39, 0.29) is 5.91 Å². The van der Waals surface area contributed by atoms with Crippen molar-refractivity contribution in [3.05, 3.63) is 46.2 Å². The van der Waals surface area contributed by atoms with Gasteiger partial charge < -0.3 is 15.4 Å². The molecule has 0 atom stereocenters. The molecule has 2 aromatic rings. The van der Waals surface area contributed by atoms with Crippen molar-refractivity contribution in [2.24, 2.45) is 0 Å². The van der Waals surface area contributed by atoms with Crippen LogP contribution in [0.3, 0.4) is 0 Å². The van der Waals surface area contributed by atoms with E-state index in [0.717, 1.165) is 15.7 Å². The first kappa shape index (κ1) is 16.4. The summed E-state index contributed by atoms with van der Waals surface area (Å²) in [7, 11) is 1.58. The molecule has 0 aliphatic rings. The number of carbonyl (C=O) groups is 1. The Bertz CT molecular complexity index is 664. The van der Waals surface area contributed by atoms with E-state index in [0.29, 0.717) is 24.8 Å². The maximum Gasteiger partial charge on any atom is 0.270 e. The van der Waals surface area contributed by atoms with Gasteiger partial charge in [0.05, 0.1) is 12.3 Å². The van der Waals surface area contributed by atoms with Gasteiger partial charge in [0.2, 0.25) is 5.95 Å². The summed E-state index contributed by atoms with van der Waals surface area (Å²) in [5.74, 6) is 0.106. The van der Waals surface area contributed by atoms with Crippen molar-refractivity contribution in [2.45, 2.75) is 6.92 Å². The minimum atomic E-state index is -0.259. The Hall–Kier alpha value is -1.99. The van der Waals surface area contributed by atoms with Gasteiger partial charge in [0.15, 0.2) is 0 Å². The molecule has 0 fully saturated rings. The van der Waals surface area contributed by atoms with Crippen LogP contribution in [0.2, 0.25) is 0 Å². The molecule has 7 heteroatoms. The summed E-state index contributed by atoms with van der Waals surface area (Å²) < 4.78 is 5.80. The number of rotatable bonds is 6. The Morgan fingerprint density at radius 1 is 1.36 bits per heavy atom. The zero-order chi connectivity index (χ0) is 15.9. The second-order valence-corrected chi connectivity index (χ2v) is 5.48. The molecule has 0 unspecified atom stereocenters. The number of methoxy groups -OCH3 is 1. The Kier molecular flexibility index (Phi) is 5.85. The predicted molar refractivity (Wildman–Crippen MR) is 88.4 cm³/mol. The molecular formula is C15H17BrN4O2. The van der Waals surface area contributed by atoms with Gasteiger partial charge in [0.1, 0.15) is 5.69 Å². The minimum Gasteiger partial charge on any atom is -0.383 e. The lowest BCUT2D eigenvalue weighted by Gasteiger charge is -2.09. The van der Waals surface area contributed by atoms with E-state index in [1.807, 2.05) is 25.1 Å². The summed E-state index contributed by atoms with van der Waals surface area (Å²) in [6.45, 7) is 2.90. The van der Waals surface area contributed by atoms with E-state index >= 15 is 0 Å². The molecule has 22 heavy (non-hydrogen) atoms. The van der Waals surface area contributed by atoms with Crippen molar-refractivity contribution in [1.82, 2.24) is 15.3 Å². The number of carbonyl (C=O) groups excluding carboxylic acids is 1.